The molecular weight excluding hydrogens is 656 g/mol. The topological polar surface area (TPSA) is 143 Å². The van der Waals surface area contributed by atoms with Crippen molar-refractivity contribution in [2.24, 2.45) is 11.8 Å². The summed E-state index contributed by atoms with van der Waals surface area (Å²) in [5.74, 6) is -0.701. The van der Waals surface area contributed by atoms with E-state index in [0.717, 1.165) is 17.5 Å². The van der Waals surface area contributed by atoms with Gasteiger partial charge in [0.1, 0.15) is 27.8 Å². The number of amides is 2. The number of aromatic nitrogens is 3. The Morgan fingerprint density at radius 1 is 1.00 bits per heavy atom. The molecule has 256 valence electrons. The second-order valence-corrected chi connectivity index (χ2v) is 15.6. The molecule has 49 heavy (non-hydrogen) atoms. The van der Waals surface area contributed by atoms with Crippen LogP contribution in [0, 0.1) is 34.8 Å². The number of hydrogen-bond donors (Lipinski definition) is 1. The molecular formula is C34H35F2N7O5S. The first-order valence-electron chi connectivity index (χ1n) is 15.9. The van der Waals surface area contributed by atoms with Crippen LogP contribution >= 0.6 is 11.3 Å². The quantitative estimate of drug-likeness (QED) is 0.246. The Hall–Kier alpha value is -4.68. The van der Waals surface area contributed by atoms with E-state index in [1.165, 1.54) is 0 Å². The Bertz CT molecular complexity index is 2070. The number of carbonyl (C=O) groups excluding carboxylic acids is 2. The van der Waals surface area contributed by atoms with E-state index in [0.29, 0.717) is 48.6 Å². The molecule has 1 aromatic carbocycles. The lowest BCUT2D eigenvalue weighted by molar-refractivity contribution is 0.0282. The summed E-state index contributed by atoms with van der Waals surface area (Å²) in [5, 5.41) is 13.4. The molecule has 3 aliphatic heterocycles. The summed E-state index contributed by atoms with van der Waals surface area (Å²) in [6.45, 7) is 13.1. The van der Waals surface area contributed by atoms with Crippen LogP contribution in [0.3, 0.4) is 0 Å². The molecule has 0 aliphatic carbocycles. The van der Waals surface area contributed by atoms with Gasteiger partial charge in [-0.15, -0.1) is 11.3 Å². The maximum absolute atomic E-state index is 16.9. The molecule has 4 aromatic rings. The molecule has 7 rings (SSSR count). The maximum atomic E-state index is 16.9. The van der Waals surface area contributed by atoms with E-state index in [1.807, 2.05) is 25.7 Å². The van der Waals surface area contributed by atoms with E-state index >= 15 is 8.78 Å². The van der Waals surface area contributed by atoms with Gasteiger partial charge in [0.05, 0.1) is 35.4 Å². The van der Waals surface area contributed by atoms with Crippen molar-refractivity contribution in [3.63, 3.8) is 0 Å². The second-order valence-electron chi connectivity index (χ2n) is 14.6. The van der Waals surface area contributed by atoms with Gasteiger partial charge < -0.3 is 24.0 Å². The van der Waals surface area contributed by atoms with Crippen LogP contribution in [0.4, 0.5) is 29.3 Å². The van der Waals surface area contributed by atoms with Crippen molar-refractivity contribution in [2.45, 2.75) is 66.0 Å². The number of thiophene rings is 1. The Morgan fingerprint density at radius 3 is 2.33 bits per heavy atom. The zero-order chi connectivity index (χ0) is 35.0. The molecule has 3 aromatic heterocycles. The van der Waals surface area contributed by atoms with Crippen LogP contribution in [0.5, 0.6) is 0 Å². The SMILES string of the molecule is CC(C)(C)OC(=O)Nc1sc2c(F)cnc(-c3c4c(c5cnc(N6C[C@H]7CN(C(=O)OC(C)(C)C)C[C@H]7C6)nc5c3F)COC4)c2c1C#N. The van der Waals surface area contributed by atoms with Crippen molar-refractivity contribution in [1.29, 1.82) is 5.26 Å². The largest absolute Gasteiger partial charge is 0.444 e. The van der Waals surface area contributed by atoms with Gasteiger partial charge in [0, 0.05) is 60.5 Å². The molecule has 6 heterocycles. The summed E-state index contributed by atoms with van der Waals surface area (Å²) in [4.78, 5) is 42.6. The van der Waals surface area contributed by atoms with E-state index in [2.05, 4.69) is 21.4 Å². The second kappa shape index (κ2) is 11.7. The Kier molecular flexibility index (Phi) is 7.86. The molecule has 0 radical (unpaired) electrons. The zero-order valence-corrected chi connectivity index (χ0v) is 28.8. The van der Waals surface area contributed by atoms with Crippen LogP contribution in [-0.4, -0.2) is 69.4 Å². The van der Waals surface area contributed by atoms with Crippen LogP contribution in [0.15, 0.2) is 12.4 Å². The molecule has 12 nitrogen and oxygen atoms in total. The highest BCUT2D eigenvalue weighted by atomic mass is 32.1. The van der Waals surface area contributed by atoms with Crippen LogP contribution in [0.1, 0.15) is 58.2 Å². The minimum absolute atomic E-state index is 0.0344. The molecule has 1 N–H and O–H groups in total. The summed E-state index contributed by atoms with van der Waals surface area (Å²) >= 11 is 0.845. The lowest BCUT2D eigenvalue weighted by Crippen LogP contribution is -2.37. The number of hydrogen-bond acceptors (Lipinski definition) is 11. The molecule has 0 unspecified atom stereocenters. The highest BCUT2D eigenvalue weighted by molar-refractivity contribution is 7.23. The van der Waals surface area contributed by atoms with E-state index in [1.54, 1.807) is 31.9 Å². The highest BCUT2D eigenvalue weighted by Gasteiger charge is 2.43. The van der Waals surface area contributed by atoms with Crippen molar-refractivity contribution < 1.29 is 32.6 Å². The smallest absolute Gasteiger partial charge is 0.412 e. The van der Waals surface area contributed by atoms with E-state index in [-0.39, 0.29) is 68.6 Å². The number of nitrogens with zero attached hydrogens (tertiary/aromatic N) is 6. The van der Waals surface area contributed by atoms with Crippen LogP contribution in [0.25, 0.3) is 32.2 Å². The predicted octanol–water partition coefficient (Wildman–Crippen LogP) is 6.74. The molecule has 0 bridgehead atoms. The first-order chi connectivity index (χ1) is 23.1. The van der Waals surface area contributed by atoms with Crippen molar-refractivity contribution in [2.75, 3.05) is 36.4 Å². The van der Waals surface area contributed by atoms with E-state index in [4.69, 9.17) is 19.2 Å². The lowest BCUT2D eigenvalue weighted by atomic mass is 9.94. The van der Waals surface area contributed by atoms with Crippen LogP contribution in [-0.2, 0) is 27.4 Å². The minimum Gasteiger partial charge on any atom is -0.444 e. The Morgan fingerprint density at radius 2 is 1.67 bits per heavy atom. The zero-order valence-electron chi connectivity index (χ0n) is 27.9. The average molecular weight is 692 g/mol. The normalized spacial score (nSPS) is 18.9. The molecule has 2 saturated heterocycles. The van der Waals surface area contributed by atoms with Gasteiger partial charge in [-0.3, -0.25) is 10.3 Å². The Balaban J connectivity index is 1.26. The van der Waals surface area contributed by atoms with Crippen LogP contribution < -0.4 is 10.2 Å². The summed E-state index contributed by atoms with van der Waals surface area (Å²) in [5.41, 5.74) is -0.109. The summed E-state index contributed by atoms with van der Waals surface area (Å²) in [6.07, 6.45) is 1.43. The first-order valence-corrected chi connectivity index (χ1v) is 16.8. The number of likely N-dealkylation sites (tertiary alicyclic amines) is 1. The van der Waals surface area contributed by atoms with Gasteiger partial charge in [0.15, 0.2) is 11.6 Å². The third-order valence-corrected chi connectivity index (χ3v) is 9.85. The average Bonchev–Trinajstić information content (AvgIpc) is 3.79. The summed E-state index contributed by atoms with van der Waals surface area (Å²) < 4.78 is 48.9. The van der Waals surface area contributed by atoms with Crippen molar-refractivity contribution in [3.8, 4) is 17.3 Å². The van der Waals surface area contributed by atoms with Gasteiger partial charge in [0.2, 0.25) is 5.95 Å². The molecule has 2 amide bonds. The summed E-state index contributed by atoms with van der Waals surface area (Å²) in [6, 6.07) is 2.05. The fourth-order valence-electron chi connectivity index (χ4n) is 6.79. The van der Waals surface area contributed by atoms with Crippen LogP contribution in [0.2, 0.25) is 0 Å². The third kappa shape index (κ3) is 5.97. The fraction of sp³-hybridized carbons (Fsp3) is 0.471. The van der Waals surface area contributed by atoms with Crippen molar-refractivity contribution >= 4 is 55.5 Å². The van der Waals surface area contributed by atoms with E-state index in [9.17, 15) is 14.9 Å². The third-order valence-electron chi connectivity index (χ3n) is 8.74. The number of benzene rings is 1. The van der Waals surface area contributed by atoms with Gasteiger partial charge in [-0.2, -0.15) is 5.26 Å². The number of rotatable bonds is 3. The van der Waals surface area contributed by atoms with Gasteiger partial charge in [-0.1, -0.05) is 0 Å². The van der Waals surface area contributed by atoms with Crippen molar-refractivity contribution in [3.05, 3.63) is 40.7 Å². The molecule has 0 saturated carbocycles. The molecule has 2 fully saturated rings. The molecule has 2 atom stereocenters. The van der Waals surface area contributed by atoms with Gasteiger partial charge in [0.25, 0.3) is 0 Å². The molecule has 0 spiro atoms. The van der Waals surface area contributed by atoms with E-state index < -0.39 is 28.9 Å². The summed E-state index contributed by atoms with van der Waals surface area (Å²) in [7, 11) is 0. The Labute approximate surface area is 285 Å². The molecule has 15 heteroatoms. The number of pyridine rings is 1. The first kappa shape index (κ1) is 32.8. The molecule has 3 aliphatic rings. The van der Waals surface area contributed by atoms with Gasteiger partial charge >= 0.3 is 12.2 Å². The predicted molar refractivity (Wildman–Crippen MR) is 178 cm³/mol. The van der Waals surface area contributed by atoms with Gasteiger partial charge in [-0.25, -0.2) is 28.3 Å². The number of anilines is 2. The maximum Gasteiger partial charge on any atom is 0.412 e. The van der Waals surface area contributed by atoms with Crippen molar-refractivity contribution in [1.82, 2.24) is 19.9 Å². The highest BCUT2D eigenvalue weighted by Crippen LogP contribution is 2.46. The number of carbonyl (C=O) groups is 2. The van der Waals surface area contributed by atoms with Gasteiger partial charge in [-0.05, 0) is 52.7 Å². The minimum atomic E-state index is -0.815. The fourth-order valence-corrected chi connectivity index (χ4v) is 7.83. The number of halogens is 2. The standard InChI is InChI=1S/C34H35F2N7O5S/c1-33(2,3)47-31(44)41-29-18(7-37)24-27(38-9-22(35)28(24)49-29)23-21-15-46-14-20(21)19-8-39-30(40-26(19)25(23)36)42-10-16-12-43(13-17(16)11-42)32(45)48-34(4,5)6/h8-9,16-17H,10-15H2,1-6H3,(H,41,44)/t16-,17+. The number of ether oxygens (including phenoxy) is 3. The monoisotopic (exact) mass is 691 g/mol. The number of nitriles is 1. The lowest BCUT2D eigenvalue weighted by Gasteiger charge is -2.26. The number of nitrogens with one attached hydrogen (secondary N) is 1. The number of fused-ring (bicyclic) bond motifs is 5.